The van der Waals surface area contributed by atoms with Gasteiger partial charge < -0.3 is 14.5 Å². The zero-order valence-electron chi connectivity index (χ0n) is 21.6. The maximum atomic E-state index is 9.39. The first-order chi connectivity index (χ1) is 17.5. The Bertz CT molecular complexity index is 1370. The van der Waals surface area contributed by atoms with Crippen molar-refractivity contribution in [2.45, 2.75) is 40.8 Å². The fourth-order valence-corrected chi connectivity index (χ4v) is 4.36. The smallest absolute Gasteiger partial charge is 0.226 e. The molecule has 9 nitrogen and oxygen atoms in total. The lowest BCUT2D eigenvalue weighted by atomic mass is 10.1. The first-order valence-electron chi connectivity index (χ1n) is 12.2. The number of nitrogens with zero attached hydrogens (tertiary/aromatic N) is 8. The van der Waals surface area contributed by atoms with E-state index in [0.717, 1.165) is 46.8 Å². The molecule has 4 rings (SSSR count). The summed E-state index contributed by atoms with van der Waals surface area (Å²) in [4.78, 5) is 18.6. The molecule has 1 aromatic carbocycles. The van der Waals surface area contributed by atoms with Crippen molar-refractivity contribution in [1.29, 1.82) is 5.26 Å². The molecule has 0 aliphatic carbocycles. The number of rotatable bonds is 10. The van der Waals surface area contributed by atoms with Gasteiger partial charge in [-0.1, -0.05) is 12.1 Å². The Morgan fingerprint density at radius 2 is 1.78 bits per heavy atom. The van der Waals surface area contributed by atoms with E-state index in [-0.39, 0.29) is 0 Å². The van der Waals surface area contributed by atoms with Gasteiger partial charge in [-0.05, 0) is 51.5 Å². The second-order valence-electron chi connectivity index (χ2n) is 8.54. The highest BCUT2D eigenvalue weighted by molar-refractivity contribution is 5.81. The van der Waals surface area contributed by atoms with Crippen LogP contribution >= 0.6 is 0 Å². The van der Waals surface area contributed by atoms with E-state index < -0.39 is 0 Å². The van der Waals surface area contributed by atoms with Crippen LogP contribution in [0.3, 0.4) is 0 Å². The monoisotopic (exact) mass is 484 g/mol. The van der Waals surface area contributed by atoms with Crippen molar-refractivity contribution in [3.63, 3.8) is 0 Å². The van der Waals surface area contributed by atoms with Gasteiger partial charge in [0, 0.05) is 44.2 Å². The van der Waals surface area contributed by atoms with Gasteiger partial charge in [0.2, 0.25) is 5.95 Å². The number of fused-ring (bicyclic) bond motifs is 1. The molecule has 186 valence electrons. The lowest BCUT2D eigenvalue weighted by Crippen LogP contribution is -2.29. The maximum Gasteiger partial charge on any atom is 0.226 e. The Kier molecular flexibility index (Phi) is 7.64. The molecule has 3 aromatic heterocycles. The van der Waals surface area contributed by atoms with Gasteiger partial charge in [-0.2, -0.15) is 10.4 Å². The minimum absolute atomic E-state index is 0.533. The van der Waals surface area contributed by atoms with Crippen LogP contribution in [0.25, 0.3) is 11.0 Å². The van der Waals surface area contributed by atoms with Gasteiger partial charge in [-0.3, -0.25) is 4.68 Å². The molecule has 9 heteroatoms. The summed E-state index contributed by atoms with van der Waals surface area (Å²) in [6, 6.07) is 12.0. The number of hydrogen-bond acceptors (Lipinski definition) is 8. The van der Waals surface area contributed by atoms with Crippen LogP contribution in [-0.2, 0) is 20.1 Å². The van der Waals surface area contributed by atoms with Crippen molar-refractivity contribution in [2.24, 2.45) is 7.05 Å². The third-order valence-corrected chi connectivity index (χ3v) is 6.12. The average Bonchev–Trinajstić information content (AvgIpc) is 3.17. The van der Waals surface area contributed by atoms with Crippen molar-refractivity contribution >= 4 is 22.8 Å². The van der Waals surface area contributed by atoms with Crippen LogP contribution in [0.5, 0.6) is 5.75 Å². The number of hydrogen-bond donors (Lipinski definition) is 0. The summed E-state index contributed by atoms with van der Waals surface area (Å²) >= 11 is 0. The first-order valence-corrected chi connectivity index (χ1v) is 12.2. The summed E-state index contributed by atoms with van der Waals surface area (Å²) in [5.74, 6) is 2.14. The summed E-state index contributed by atoms with van der Waals surface area (Å²) in [6.45, 7) is 11.5. The molecule has 0 aliphatic rings. The zero-order chi connectivity index (χ0) is 25.7. The fraction of sp³-hybridized carbons (Fsp3) is 0.370. The maximum absolute atomic E-state index is 9.39. The Morgan fingerprint density at radius 1 is 1.03 bits per heavy atom. The number of anilines is 2. The molecule has 0 saturated heterocycles. The number of benzene rings is 1. The molecule has 0 aliphatic heterocycles. The van der Waals surface area contributed by atoms with Gasteiger partial charge in [-0.15, -0.1) is 0 Å². The topological polar surface area (TPSA) is 96.0 Å². The molecule has 0 amide bonds. The number of ether oxygens (including phenoxy) is 1. The zero-order valence-corrected chi connectivity index (χ0v) is 21.6. The van der Waals surface area contributed by atoms with Crippen molar-refractivity contribution in [2.75, 3.05) is 29.5 Å². The molecule has 0 radical (unpaired) electrons. The SMILES string of the molecule is CCOc1cnc(N(Cc2cccc(C#N)c2)Cc2cc3c(C)nn(C)c3nc2N(CC)CC)nc1. The van der Waals surface area contributed by atoms with E-state index >= 15 is 0 Å². The Morgan fingerprint density at radius 3 is 2.44 bits per heavy atom. The highest BCUT2D eigenvalue weighted by atomic mass is 16.5. The minimum atomic E-state index is 0.533. The number of pyridine rings is 1. The summed E-state index contributed by atoms with van der Waals surface area (Å²) in [7, 11) is 1.93. The lowest BCUT2D eigenvalue weighted by Gasteiger charge is -2.27. The third-order valence-electron chi connectivity index (χ3n) is 6.12. The molecule has 36 heavy (non-hydrogen) atoms. The van der Waals surface area contributed by atoms with E-state index in [1.54, 1.807) is 12.4 Å². The van der Waals surface area contributed by atoms with Crippen LogP contribution in [0, 0.1) is 18.3 Å². The largest absolute Gasteiger partial charge is 0.491 e. The molecule has 0 spiro atoms. The van der Waals surface area contributed by atoms with E-state index in [0.29, 0.717) is 37.0 Å². The predicted molar refractivity (Wildman–Crippen MR) is 141 cm³/mol. The van der Waals surface area contributed by atoms with Crippen molar-refractivity contribution in [1.82, 2.24) is 24.7 Å². The fourth-order valence-electron chi connectivity index (χ4n) is 4.36. The van der Waals surface area contributed by atoms with Gasteiger partial charge in [0.15, 0.2) is 11.4 Å². The molecule has 4 aromatic rings. The Hall–Kier alpha value is -4.19. The molecule has 0 bridgehead atoms. The molecule has 0 fully saturated rings. The Labute approximate surface area is 212 Å². The van der Waals surface area contributed by atoms with Crippen molar-refractivity contribution in [3.05, 3.63) is 65.1 Å². The van der Waals surface area contributed by atoms with E-state index in [1.165, 1.54) is 0 Å². The van der Waals surface area contributed by atoms with Crippen LogP contribution < -0.4 is 14.5 Å². The molecular formula is C27H32N8O. The van der Waals surface area contributed by atoms with Gasteiger partial charge in [-0.25, -0.2) is 15.0 Å². The highest BCUT2D eigenvalue weighted by Crippen LogP contribution is 2.28. The minimum Gasteiger partial charge on any atom is -0.491 e. The first kappa shape index (κ1) is 24.9. The van der Waals surface area contributed by atoms with Crippen LogP contribution in [0.1, 0.15) is 43.2 Å². The quantitative estimate of drug-likeness (QED) is 0.327. The predicted octanol–water partition coefficient (Wildman–Crippen LogP) is 4.39. The molecule has 0 unspecified atom stereocenters. The van der Waals surface area contributed by atoms with Crippen LogP contribution in [0.2, 0.25) is 0 Å². The van der Waals surface area contributed by atoms with Crippen molar-refractivity contribution in [3.8, 4) is 11.8 Å². The summed E-state index contributed by atoms with van der Waals surface area (Å²) < 4.78 is 7.38. The summed E-state index contributed by atoms with van der Waals surface area (Å²) in [6.07, 6.45) is 3.39. The van der Waals surface area contributed by atoms with Crippen LogP contribution in [0.15, 0.2) is 42.7 Å². The molecule has 0 atom stereocenters. The van der Waals surface area contributed by atoms with Crippen LogP contribution in [0.4, 0.5) is 11.8 Å². The van der Waals surface area contributed by atoms with Gasteiger partial charge in [0.05, 0.1) is 36.3 Å². The highest BCUT2D eigenvalue weighted by Gasteiger charge is 2.20. The van der Waals surface area contributed by atoms with E-state index in [2.05, 4.69) is 50.8 Å². The van der Waals surface area contributed by atoms with Gasteiger partial charge in [0.25, 0.3) is 0 Å². The molecule has 0 N–H and O–H groups in total. The summed E-state index contributed by atoms with van der Waals surface area (Å²) in [5, 5.41) is 15.0. The number of nitriles is 1. The van der Waals surface area contributed by atoms with Gasteiger partial charge in [0.1, 0.15) is 5.82 Å². The average molecular weight is 485 g/mol. The standard InChI is InChI=1S/C27H32N8O/c1-6-34(7-2)25-22(13-24-19(4)32-33(5)26(24)31-25)18-35(17-21-11-9-10-20(12-21)14-28)27-29-15-23(16-30-27)36-8-3/h9-13,15-16H,6-8,17-18H2,1-5H3. The second kappa shape index (κ2) is 11.0. The van der Waals surface area contributed by atoms with Crippen molar-refractivity contribution < 1.29 is 4.74 Å². The van der Waals surface area contributed by atoms with Gasteiger partial charge >= 0.3 is 0 Å². The summed E-state index contributed by atoms with van der Waals surface area (Å²) in [5.41, 5.74) is 4.50. The lowest BCUT2D eigenvalue weighted by molar-refractivity contribution is 0.337. The molecule has 0 saturated carbocycles. The molecule has 3 heterocycles. The number of aryl methyl sites for hydroxylation is 2. The molecular weight excluding hydrogens is 452 g/mol. The van der Waals surface area contributed by atoms with E-state index in [9.17, 15) is 5.26 Å². The van der Waals surface area contributed by atoms with E-state index in [4.69, 9.17) is 9.72 Å². The second-order valence-corrected chi connectivity index (χ2v) is 8.54. The Balaban J connectivity index is 1.80. The number of aromatic nitrogens is 5. The third kappa shape index (κ3) is 5.23. The van der Waals surface area contributed by atoms with Crippen LogP contribution in [-0.4, -0.2) is 44.4 Å². The normalized spacial score (nSPS) is 10.9. The van der Waals surface area contributed by atoms with E-state index in [1.807, 2.05) is 49.8 Å².